The number of likely N-dealkylation sites (N-methyl/N-ethyl adjacent to an activating group) is 1. The predicted molar refractivity (Wildman–Crippen MR) is 50.9 cm³/mol. The van der Waals surface area contributed by atoms with Crippen molar-refractivity contribution in [3.63, 3.8) is 0 Å². The SMILES string of the molecule is CN(C)C(C(N)=O)c1cc[c]cc1. The summed E-state index contributed by atoms with van der Waals surface area (Å²) in [5.74, 6) is -0.337. The van der Waals surface area contributed by atoms with Crippen LogP contribution in [0.15, 0.2) is 24.3 Å². The molecule has 0 saturated heterocycles. The van der Waals surface area contributed by atoms with Gasteiger partial charge < -0.3 is 5.73 Å². The van der Waals surface area contributed by atoms with Crippen LogP contribution in [0.3, 0.4) is 0 Å². The molecule has 0 bridgehead atoms. The molecule has 0 spiro atoms. The van der Waals surface area contributed by atoms with Crippen LogP contribution in [-0.2, 0) is 4.79 Å². The molecule has 69 valence electrons. The van der Waals surface area contributed by atoms with Crippen molar-refractivity contribution >= 4 is 5.91 Å². The van der Waals surface area contributed by atoms with Gasteiger partial charge in [0.05, 0.1) is 0 Å². The summed E-state index contributed by atoms with van der Waals surface area (Å²) >= 11 is 0. The third-order valence-corrected chi connectivity index (χ3v) is 1.85. The fraction of sp³-hybridized carbons (Fsp3) is 0.300. The smallest absolute Gasteiger partial charge is 0.239 e. The average molecular weight is 177 g/mol. The molecule has 1 amide bonds. The van der Waals surface area contributed by atoms with Crippen molar-refractivity contribution in [2.75, 3.05) is 14.1 Å². The number of carbonyl (C=O) groups is 1. The molecule has 1 atom stereocenters. The second kappa shape index (κ2) is 4.05. The van der Waals surface area contributed by atoms with Crippen molar-refractivity contribution < 1.29 is 4.79 Å². The van der Waals surface area contributed by atoms with Crippen molar-refractivity contribution in [2.24, 2.45) is 5.73 Å². The summed E-state index contributed by atoms with van der Waals surface area (Å²) < 4.78 is 0. The standard InChI is InChI=1S/C10H13N2O/c1-12(2)9(10(11)13)8-6-4-3-5-7-8/h4-7,9H,1-2H3,(H2,11,13). The van der Waals surface area contributed by atoms with Crippen molar-refractivity contribution in [3.8, 4) is 0 Å². The molecular formula is C10H13N2O. The minimum absolute atomic E-state index is 0.337. The maximum atomic E-state index is 11.1. The van der Waals surface area contributed by atoms with Gasteiger partial charge in [0.1, 0.15) is 6.04 Å². The third kappa shape index (κ3) is 2.29. The maximum absolute atomic E-state index is 11.1. The molecule has 0 aromatic heterocycles. The molecule has 0 aliphatic rings. The van der Waals surface area contributed by atoms with E-state index >= 15 is 0 Å². The van der Waals surface area contributed by atoms with Crippen molar-refractivity contribution in [2.45, 2.75) is 6.04 Å². The summed E-state index contributed by atoms with van der Waals surface area (Å²) in [6, 6.07) is 9.77. The quantitative estimate of drug-likeness (QED) is 0.734. The van der Waals surface area contributed by atoms with Crippen molar-refractivity contribution in [3.05, 3.63) is 35.9 Å². The van der Waals surface area contributed by atoms with Gasteiger partial charge in [-0.15, -0.1) is 0 Å². The molecule has 1 rings (SSSR count). The van der Waals surface area contributed by atoms with Gasteiger partial charge in [-0.1, -0.05) is 24.3 Å². The summed E-state index contributed by atoms with van der Waals surface area (Å²) in [4.78, 5) is 12.9. The van der Waals surface area contributed by atoms with Crippen molar-refractivity contribution in [1.29, 1.82) is 0 Å². The first-order chi connectivity index (χ1) is 6.13. The minimum Gasteiger partial charge on any atom is -0.368 e. The number of amides is 1. The molecule has 2 N–H and O–H groups in total. The molecule has 0 fully saturated rings. The number of nitrogens with zero attached hydrogens (tertiary/aromatic N) is 1. The Hall–Kier alpha value is -1.35. The predicted octanol–water partition coefficient (Wildman–Crippen LogP) is 0.575. The molecule has 0 aliphatic carbocycles. The van der Waals surface area contributed by atoms with Crippen LogP contribution in [0.5, 0.6) is 0 Å². The topological polar surface area (TPSA) is 46.3 Å². The minimum atomic E-state index is -0.352. The fourth-order valence-corrected chi connectivity index (χ4v) is 1.30. The van der Waals surface area contributed by atoms with E-state index in [2.05, 4.69) is 6.07 Å². The van der Waals surface area contributed by atoms with Crippen LogP contribution >= 0.6 is 0 Å². The van der Waals surface area contributed by atoms with Gasteiger partial charge in [0.15, 0.2) is 0 Å². The molecule has 0 saturated carbocycles. The van der Waals surface area contributed by atoms with Gasteiger partial charge in [0.25, 0.3) is 0 Å². The molecule has 1 aromatic carbocycles. The first-order valence-corrected chi connectivity index (χ1v) is 4.04. The molecule has 0 heterocycles. The van der Waals surface area contributed by atoms with Gasteiger partial charge in [-0.2, -0.15) is 0 Å². The largest absolute Gasteiger partial charge is 0.368 e. The van der Waals surface area contributed by atoms with Crippen LogP contribution in [0, 0.1) is 6.07 Å². The summed E-state index contributed by atoms with van der Waals surface area (Å²) in [5.41, 5.74) is 6.18. The lowest BCUT2D eigenvalue weighted by atomic mass is 10.1. The van der Waals surface area contributed by atoms with Crippen LogP contribution in [0.25, 0.3) is 0 Å². The van der Waals surface area contributed by atoms with Crippen molar-refractivity contribution in [1.82, 2.24) is 4.90 Å². The Morgan fingerprint density at radius 1 is 1.46 bits per heavy atom. The van der Waals surface area contributed by atoms with Gasteiger partial charge in [0, 0.05) is 0 Å². The fourth-order valence-electron chi connectivity index (χ4n) is 1.30. The van der Waals surface area contributed by atoms with E-state index in [9.17, 15) is 4.79 Å². The Balaban J connectivity index is 2.96. The number of hydrogen-bond acceptors (Lipinski definition) is 2. The van der Waals surface area contributed by atoms with E-state index in [1.54, 1.807) is 17.0 Å². The number of rotatable bonds is 3. The van der Waals surface area contributed by atoms with Crippen LogP contribution in [-0.4, -0.2) is 24.9 Å². The number of carbonyl (C=O) groups excluding carboxylic acids is 1. The number of benzene rings is 1. The lowest BCUT2D eigenvalue weighted by molar-refractivity contribution is -0.122. The lowest BCUT2D eigenvalue weighted by Gasteiger charge is -2.20. The summed E-state index contributed by atoms with van der Waals surface area (Å²) in [6.45, 7) is 0. The van der Waals surface area contributed by atoms with E-state index in [1.165, 1.54) is 0 Å². The molecule has 1 aromatic rings. The first-order valence-electron chi connectivity index (χ1n) is 4.04. The second-order valence-corrected chi connectivity index (χ2v) is 3.10. The van der Waals surface area contributed by atoms with Gasteiger partial charge in [-0.25, -0.2) is 0 Å². The Morgan fingerprint density at radius 3 is 2.38 bits per heavy atom. The number of hydrogen-bond donors (Lipinski definition) is 1. The third-order valence-electron chi connectivity index (χ3n) is 1.85. The van der Waals surface area contributed by atoms with E-state index in [-0.39, 0.29) is 11.9 Å². The zero-order valence-electron chi connectivity index (χ0n) is 7.82. The van der Waals surface area contributed by atoms with E-state index < -0.39 is 0 Å². The Kier molecular flexibility index (Phi) is 3.03. The van der Waals surface area contributed by atoms with Gasteiger partial charge in [-0.05, 0) is 25.7 Å². The summed E-state index contributed by atoms with van der Waals surface area (Å²) in [5, 5.41) is 0. The molecule has 3 heteroatoms. The molecule has 1 unspecified atom stereocenters. The lowest BCUT2D eigenvalue weighted by Crippen LogP contribution is -2.32. The first kappa shape index (κ1) is 9.74. The zero-order valence-corrected chi connectivity index (χ0v) is 7.82. The average Bonchev–Trinajstić information content (AvgIpc) is 2.04. The number of nitrogens with two attached hydrogens (primary N) is 1. The normalized spacial score (nSPS) is 12.8. The molecule has 0 aliphatic heterocycles. The summed E-state index contributed by atoms with van der Waals surface area (Å²) in [7, 11) is 3.65. The van der Waals surface area contributed by atoms with E-state index in [1.807, 2.05) is 26.2 Å². The highest BCUT2D eigenvalue weighted by Gasteiger charge is 2.18. The highest BCUT2D eigenvalue weighted by molar-refractivity contribution is 5.81. The van der Waals surface area contributed by atoms with E-state index in [0.717, 1.165) is 5.56 Å². The van der Waals surface area contributed by atoms with E-state index in [4.69, 9.17) is 5.73 Å². The molecule has 13 heavy (non-hydrogen) atoms. The molecule has 3 nitrogen and oxygen atoms in total. The second-order valence-electron chi connectivity index (χ2n) is 3.10. The van der Waals surface area contributed by atoms with Gasteiger partial charge in [-0.3, -0.25) is 9.69 Å². The highest BCUT2D eigenvalue weighted by Crippen LogP contribution is 2.16. The highest BCUT2D eigenvalue weighted by atomic mass is 16.1. The number of primary amides is 1. The van der Waals surface area contributed by atoms with Gasteiger partial charge in [0.2, 0.25) is 5.91 Å². The molecule has 1 radical (unpaired) electrons. The Labute approximate surface area is 78.2 Å². The van der Waals surface area contributed by atoms with Gasteiger partial charge >= 0.3 is 0 Å². The maximum Gasteiger partial charge on any atom is 0.239 e. The Bertz CT molecular complexity index is 282. The van der Waals surface area contributed by atoms with Crippen LogP contribution in [0.1, 0.15) is 11.6 Å². The summed E-state index contributed by atoms with van der Waals surface area (Å²) in [6.07, 6.45) is 0. The molecular weight excluding hydrogens is 164 g/mol. The van der Waals surface area contributed by atoms with E-state index in [0.29, 0.717) is 0 Å². The monoisotopic (exact) mass is 177 g/mol. The van der Waals surface area contributed by atoms with Crippen LogP contribution < -0.4 is 5.73 Å². The van der Waals surface area contributed by atoms with Crippen LogP contribution in [0.4, 0.5) is 0 Å². The zero-order chi connectivity index (χ0) is 9.84. The Morgan fingerprint density at radius 2 is 2.00 bits per heavy atom. The van der Waals surface area contributed by atoms with Crippen LogP contribution in [0.2, 0.25) is 0 Å².